The lowest BCUT2D eigenvalue weighted by Crippen LogP contribution is -2.05. The third-order valence-electron chi connectivity index (χ3n) is 2.84. The first-order valence-corrected chi connectivity index (χ1v) is 6.92. The molecule has 3 rings (SSSR count). The molecule has 0 N–H and O–H groups in total. The summed E-state index contributed by atoms with van der Waals surface area (Å²) in [5.41, 5.74) is 2.51. The van der Waals surface area contributed by atoms with Gasteiger partial charge >= 0.3 is 0 Å². The Labute approximate surface area is 115 Å². The van der Waals surface area contributed by atoms with E-state index < -0.39 is 0 Å². The summed E-state index contributed by atoms with van der Waals surface area (Å²) in [7, 11) is 0. The number of nitrogens with zero attached hydrogens (tertiary/aromatic N) is 2. The van der Waals surface area contributed by atoms with Gasteiger partial charge in [-0.25, -0.2) is 4.68 Å². The number of para-hydroxylation sites is 1. The van der Waals surface area contributed by atoms with Crippen LogP contribution in [0.15, 0.2) is 59.4 Å². The number of hydrogen-bond donors (Lipinski definition) is 0. The Bertz CT molecular complexity index is 671. The molecule has 0 saturated heterocycles. The molecule has 0 aliphatic carbocycles. The van der Waals surface area contributed by atoms with Crippen LogP contribution in [0.2, 0.25) is 0 Å². The van der Waals surface area contributed by atoms with E-state index in [9.17, 15) is 4.79 Å². The van der Waals surface area contributed by atoms with Gasteiger partial charge in [-0.05, 0) is 40.6 Å². The topological polar surface area (TPSA) is 34.9 Å². The molecular formula is C15H12N2OS. The van der Waals surface area contributed by atoms with E-state index in [2.05, 4.69) is 5.10 Å². The SMILES string of the molecule is O=C(Cc1ccsc1)c1ccn(-c2ccccc2)n1. The van der Waals surface area contributed by atoms with E-state index in [0.717, 1.165) is 11.3 Å². The maximum atomic E-state index is 12.1. The summed E-state index contributed by atoms with van der Waals surface area (Å²) in [6.07, 6.45) is 2.23. The van der Waals surface area contributed by atoms with Crippen molar-refractivity contribution < 1.29 is 4.79 Å². The Morgan fingerprint density at radius 2 is 2.00 bits per heavy atom. The van der Waals surface area contributed by atoms with Gasteiger partial charge in [-0.1, -0.05) is 18.2 Å². The summed E-state index contributed by atoms with van der Waals surface area (Å²) in [6.45, 7) is 0. The van der Waals surface area contributed by atoms with Gasteiger partial charge in [-0.3, -0.25) is 4.79 Å². The fourth-order valence-corrected chi connectivity index (χ4v) is 2.53. The van der Waals surface area contributed by atoms with Gasteiger partial charge in [0.15, 0.2) is 5.78 Å². The van der Waals surface area contributed by atoms with Crippen molar-refractivity contribution in [1.82, 2.24) is 9.78 Å². The van der Waals surface area contributed by atoms with Crippen LogP contribution in [0.25, 0.3) is 5.69 Å². The second-order valence-corrected chi connectivity index (χ2v) is 4.99. The molecule has 94 valence electrons. The van der Waals surface area contributed by atoms with Crippen molar-refractivity contribution in [2.75, 3.05) is 0 Å². The average Bonchev–Trinajstić information content (AvgIpc) is 3.10. The van der Waals surface area contributed by atoms with Crippen molar-refractivity contribution in [2.24, 2.45) is 0 Å². The van der Waals surface area contributed by atoms with Crippen LogP contribution in [-0.2, 0) is 6.42 Å². The molecule has 0 spiro atoms. The van der Waals surface area contributed by atoms with E-state index in [0.29, 0.717) is 12.1 Å². The summed E-state index contributed by atoms with van der Waals surface area (Å²) in [5.74, 6) is 0.0491. The molecule has 0 fully saturated rings. The molecule has 0 amide bonds. The van der Waals surface area contributed by atoms with Crippen LogP contribution in [0.4, 0.5) is 0 Å². The Morgan fingerprint density at radius 1 is 1.16 bits per heavy atom. The molecule has 4 heteroatoms. The number of hydrogen-bond acceptors (Lipinski definition) is 3. The van der Waals surface area contributed by atoms with E-state index in [1.807, 2.05) is 53.4 Å². The van der Waals surface area contributed by atoms with Gasteiger partial charge < -0.3 is 0 Å². The number of Topliss-reactive ketones (excluding diaryl/α,β-unsaturated/α-hetero) is 1. The Morgan fingerprint density at radius 3 is 2.74 bits per heavy atom. The zero-order valence-corrected chi connectivity index (χ0v) is 11.0. The van der Waals surface area contributed by atoms with Gasteiger partial charge in [-0.2, -0.15) is 16.4 Å². The van der Waals surface area contributed by atoms with Gasteiger partial charge in [0.05, 0.1) is 5.69 Å². The van der Waals surface area contributed by atoms with Crippen molar-refractivity contribution in [1.29, 1.82) is 0 Å². The lowest BCUT2D eigenvalue weighted by atomic mass is 10.1. The van der Waals surface area contributed by atoms with Crippen LogP contribution in [0.3, 0.4) is 0 Å². The lowest BCUT2D eigenvalue weighted by molar-refractivity contribution is 0.0988. The zero-order chi connectivity index (χ0) is 13.1. The van der Waals surface area contributed by atoms with Gasteiger partial charge in [0.2, 0.25) is 0 Å². The first-order chi connectivity index (χ1) is 9.33. The van der Waals surface area contributed by atoms with E-state index in [1.54, 1.807) is 22.1 Å². The summed E-state index contributed by atoms with van der Waals surface area (Å²) >= 11 is 1.60. The fraction of sp³-hybridized carbons (Fsp3) is 0.0667. The summed E-state index contributed by atoms with van der Waals surface area (Å²) in [4.78, 5) is 12.1. The van der Waals surface area contributed by atoms with Crippen LogP contribution in [0.5, 0.6) is 0 Å². The molecule has 0 aliphatic heterocycles. The molecule has 3 nitrogen and oxygen atoms in total. The summed E-state index contributed by atoms with van der Waals surface area (Å²) in [5, 5.41) is 8.30. The van der Waals surface area contributed by atoms with Crippen molar-refractivity contribution in [3.05, 3.63) is 70.7 Å². The zero-order valence-electron chi connectivity index (χ0n) is 10.2. The fourth-order valence-electron chi connectivity index (χ4n) is 1.87. The maximum absolute atomic E-state index is 12.1. The highest BCUT2D eigenvalue weighted by Gasteiger charge is 2.11. The minimum Gasteiger partial charge on any atom is -0.292 e. The van der Waals surface area contributed by atoms with Crippen molar-refractivity contribution in [3.8, 4) is 5.69 Å². The van der Waals surface area contributed by atoms with Crippen LogP contribution >= 0.6 is 11.3 Å². The molecule has 0 radical (unpaired) electrons. The van der Waals surface area contributed by atoms with E-state index in [1.165, 1.54) is 0 Å². The average molecular weight is 268 g/mol. The predicted octanol–water partition coefficient (Wildman–Crippen LogP) is 3.36. The molecule has 0 saturated carbocycles. The molecule has 0 atom stereocenters. The smallest absolute Gasteiger partial charge is 0.187 e. The Balaban J connectivity index is 1.80. The highest BCUT2D eigenvalue weighted by molar-refractivity contribution is 7.08. The van der Waals surface area contributed by atoms with Gasteiger partial charge in [-0.15, -0.1) is 0 Å². The van der Waals surface area contributed by atoms with Crippen molar-refractivity contribution in [2.45, 2.75) is 6.42 Å². The van der Waals surface area contributed by atoms with Crippen molar-refractivity contribution in [3.63, 3.8) is 0 Å². The molecular weight excluding hydrogens is 256 g/mol. The minimum atomic E-state index is 0.0491. The van der Waals surface area contributed by atoms with Gasteiger partial charge in [0, 0.05) is 12.6 Å². The van der Waals surface area contributed by atoms with E-state index >= 15 is 0 Å². The van der Waals surface area contributed by atoms with E-state index in [4.69, 9.17) is 0 Å². The number of thiophene rings is 1. The third-order valence-corrected chi connectivity index (χ3v) is 3.57. The molecule has 0 unspecified atom stereocenters. The number of ketones is 1. The van der Waals surface area contributed by atoms with Crippen LogP contribution < -0.4 is 0 Å². The molecule has 0 bridgehead atoms. The quantitative estimate of drug-likeness (QED) is 0.680. The molecule has 3 aromatic rings. The maximum Gasteiger partial charge on any atom is 0.187 e. The van der Waals surface area contributed by atoms with Crippen LogP contribution in [0, 0.1) is 0 Å². The van der Waals surface area contributed by atoms with Crippen molar-refractivity contribution >= 4 is 17.1 Å². The van der Waals surface area contributed by atoms with E-state index in [-0.39, 0.29) is 5.78 Å². The standard InChI is InChI=1S/C15H12N2OS/c18-15(10-12-7-9-19-11-12)14-6-8-17(16-14)13-4-2-1-3-5-13/h1-9,11H,10H2. The molecule has 2 aromatic heterocycles. The molecule has 2 heterocycles. The molecule has 19 heavy (non-hydrogen) atoms. The predicted molar refractivity (Wildman–Crippen MR) is 75.9 cm³/mol. The first-order valence-electron chi connectivity index (χ1n) is 5.98. The Kier molecular flexibility index (Phi) is 3.25. The largest absolute Gasteiger partial charge is 0.292 e. The van der Waals surface area contributed by atoms with Crippen LogP contribution in [0.1, 0.15) is 16.1 Å². The second kappa shape index (κ2) is 5.20. The number of benzene rings is 1. The lowest BCUT2D eigenvalue weighted by Gasteiger charge is -1.99. The van der Waals surface area contributed by atoms with Gasteiger partial charge in [0.25, 0.3) is 0 Å². The molecule has 1 aromatic carbocycles. The first kappa shape index (κ1) is 11.9. The highest BCUT2D eigenvalue weighted by atomic mass is 32.1. The number of aromatic nitrogens is 2. The number of carbonyl (C=O) groups is 1. The normalized spacial score (nSPS) is 10.5. The molecule has 0 aliphatic rings. The highest BCUT2D eigenvalue weighted by Crippen LogP contribution is 2.11. The Hall–Kier alpha value is -2.20. The number of rotatable bonds is 4. The summed E-state index contributed by atoms with van der Waals surface area (Å²) in [6, 6.07) is 13.5. The minimum absolute atomic E-state index is 0.0491. The third kappa shape index (κ3) is 2.63. The van der Waals surface area contributed by atoms with Crippen LogP contribution in [-0.4, -0.2) is 15.6 Å². The summed E-state index contributed by atoms with van der Waals surface area (Å²) < 4.78 is 1.72. The monoisotopic (exact) mass is 268 g/mol. The number of carbonyl (C=O) groups excluding carboxylic acids is 1. The second-order valence-electron chi connectivity index (χ2n) is 4.21. The van der Waals surface area contributed by atoms with Gasteiger partial charge in [0.1, 0.15) is 5.69 Å².